The Morgan fingerprint density at radius 1 is 0.974 bits per heavy atom. The zero-order valence-electron chi connectivity index (χ0n) is 21.4. The van der Waals surface area contributed by atoms with Crippen LogP contribution in [0.15, 0.2) is 94.9 Å². The molecule has 7 nitrogen and oxygen atoms in total. The lowest BCUT2D eigenvalue weighted by molar-refractivity contribution is -0.121. The second-order valence-electron chi connectivity index (χ2n) is 9.03. The topological polar surface area (TPSA) is 92.6 Å². The van der Waals surface area contributed by atoms with E-state index in [0.717, 1.165) is 28.2 Å². The number of aromatic nitrogens is 1. The molecule has 0 aliphatic carbocycles. The molecule has 3 aromatic carbocycles. The quantitative estimate of drug-likeness (QED) is 0.210. The molecule has 0 aliphatic heterocycles. The number of halogens is 1. The molecule has 4 aromatic rings. The van der Waals surface area contributed by atoms with E-state index in [-0.39, 0.29) is 11.3 Å². The highest BCUT2D eigenvalue weighted by molar-refractivity contribution is 7.89. The third kappa shape index (κ3) is 6.58. The molecule has 196 valence electrons. The van der Waals surface area contributed by atoms with Gasteiger partial charge in [0.15, 0.2) is 0 Å². The molecule has 9 heteroatoms. The number of hydrogen-bond acceptors (Lipinski definition) is 4. The first-order chi connectivity index (χ1) is 18.1. The van der Waals surface area contributed by atoms with Crippen molar-refractivity contribution in [3.8, 4) is 5.69 Å². The highest BCUT2D eigenvalue weighted by Gasteiger charge is 2.23. The van der Waals surface area contributed by atoms with Crippen molar-refractivity contribution >= 4 is 33.7 Å². The molecule has 4 rings (SSSR count). The van der Waals surface area contributed by atoms with Gasteiger partial charge in [-0.2, -0.15) is 5.10 Å². The van der Waals surface area contributed by atoms with E-state index in [1.54, 1.807) is 54.7 Å². The van der Waals surface area contributed by atoms with Crippen molar-refractivity contribution in [1.82, 2.24) is 14.7 Å². The number of nitrogens with one attached hydrogen (secondary N) is 2. The van der Waals surface area contributed by atoms with Gasteiger partial charge in [0.25, 0.3) is 0 Å². The van der Waals surface area contributed by atoms with Crippen LogP contribution in [0.2, 0.25) is 5.02 Å². The third-order valence-corrected chi connectivity index (χ3v) is 7.91. The number of sulfonamides is 1. The van der Waals surface area contributed by atoms with Crippen LogP contribution in [-0.2, 0) is 14.8 Å². The molecule has 0 unspecified atom stereocenters. The second kappa shape index (κ2) is 11.8. The maximum Gasteiger partial charge on any atom is 0.242 e. The Morgan fingerprint density at radius 3 is 2.29 bits per heavy atom. The first kappa shape index (κ1) is 27.3. The van der Waals surface area contributed by atoms with Crippen molar-refractivity contribution in [2.45, 2.75) is 38.1 Å². The summed E-state index contributed by atoms with van der Waals surface area (Å²) in [6, 6.07) is 24.3. The van der Waals surface area contributed by atoms with E-state index in [2.05, 4.69) is 19.8 Å². The van der Waals surface area contributed by atoms with Crippen LogP contribution in [-0.4, -0.2) is 25.1 Å². The first-order valence-electron chi connectivity index (χ1n) is 12.0. The summed E-state index contributed by atoms with van der Waals surface area (Å²) < 4.78 is 30.8. The number of rotatable bonds is 9. The molecule has 38 heavy (non-hydrogen) atoms. The van der Waals surface area contributed by atoms with Crippen molar-refractivity contribution in [3.05, 3.63) is 118 Å². The van der Waals surface area contributed by atoms with Crippen molar-refractivity contribution < 1.29 is 13.2 Å². The number of hydrogen-bond donors (Lipinski definition) is 2. The molecule has 0 fully saturated rings. The van der Waals surface area contributed by atoms with Gasteiger partial charge in [-0.15, -0.1) is 0 Å². The summed E-state index contributed by atoms with van der Waals surface area (Å²) in [7, 11) is -3.85. The normalized spacial score (nSPS) is 12.5. The van der Waals surface area contributed by atoms with Crippen molar-refractivity contribution in [2.24, 2.45) is 5.10 Å². The Hall–Kier alpha value is -3.72. The van der Waals surface area contributed by atoms with E-state index in [1.165, 1.54) is 0 Å². The minimum Gasteiger partial charge on any atom is -0.318 e. The Labute approximate surface area is 228 Å². The monoisotopic (exact) mass is 548 g/mol. The summed E-state index contributed by atoms with van der Waals surface area (Å²) in [5, 5.41) is 4.80. The van der Waals surface area contributed by atoms with Gasteiger partial charge in [0, 0.05) is 34.1 Å². The zero-order chi connectivity index (χ0) is 27.3. The SMILES string of the molecule is Cc1ccc(S(=O)(=O)N[C@@H](CC(=O)N/N=C\c2cc(C)n(-c3ccc(Cl)cc3)c2C)c2ccccc2)cc1. The smallest absolute Gasteiger partial charge is 0.242 e. The molecular formula is C29H29ClN4O3S. The molecule has 1 atom stereocenters. The Bertz CT molecular complexity index is 1550. The predicted octanol–water partition coefficient (Wildman–Crippen LogP) is 5.62. The van der Waals surface area contributed by atoms with E-state index < -0.39 is 22.0 Å². The number of hydrazone groups is 1. The maximum atomic E-state index is 13.0. The lowest BCUT2D eigenvalue weighted by Gasteiger charge is -2.18. The molecule has 1 aromatic heterocycles. The average Bonchev–Trinajstić information content (AvgIpc) is 3.17. The van der Waals surface area contributed by atoms with E-state index in [4.69, 9.17) is 11.6 Å². The summed E-state index contributed by atoms with van der Waals surface area (Å²) in [6.45, 7) is 5.84. The first-order valence-corrected chi connectivity index (χ1v) is 13.9. The van der Waals surface area contributed by atoms with Gasteiger partial charge in [0.1, 0.15) is 0 Å². The van der Waals surface area contributed by atoms with Gasteiger partial charge in [0.05, 0.1) is 17.2 Å². The molecule has 0 bridgehead atoms. The number of carbonyl (C=O) groups excluding carboxylic acids is 1. The molecule has 2 N–H and O–H groups in total. The summed E-state index contributed by atoms with van der Waals surface area (Å²) in [5.74, 6) is -0.423. The van der Waals surface area contributed by atoms with Crippen LogP contribution in [0.3, 0.4) is 0 Å². The number of amides is 1. The molecular weight excluding hydrogens is 520 g/mol. The highest BCUT2D eigenvalue weighted by Crippen LogP contribution is 2.22. The minimum absolute atomic E-state index is 0.129. The van der Waals surface area contributed by atoms with Crippen LogP contribution in [0.4, 0.5) is 0 Å². The largest absolute Gasteiger partial charge is 0.318 e. The van der Waals surface area contributed by atoms with Crippen LogP contribution in [0.1, 0.15) is 40.5 Å². The maximum absolute atomic E-state index is 13.0. The predicted molar refractivity (Wildman–Crippen MR) is 151 cm³/mol. The standard InChI is InChI=1S/C29H29ClN4O3S/c1-20-9-15-27(16-10-20)38(36,37)33-28(23-7-5-4-6-8-23)18-29(35)32-31-19-24-17-21(2)34(22(24)3)26-13-11-25(30)12-14-26/h4-17,19,28,33H,18H2,1-3H3,(H,32,35)/b31-19-/t28-/m0/s1. The lowest BCUT2D eigenvalue weighted by atomic mass is 10.0. The summed E-state index contributed by atoms with van der Waals surface area (Å²) >= 11 is 6.02. The molecule has 0 saturated heterocycles. The van der Waals surface area contributed by atoms with Gasteiger partial charge in [-0.3, -0.25) is 4.79 Å². The third-order valence-electron chi connectivity index (χ3n) is 6.17. The molecule has 1 amide bonds. The van der Waals surface area contributed by atoms with Crippen molar-refractivity contribution in [3.63, 3.8) is 0 Å². The summed E-state index contributed by atoms with van der Waals surface area (Å²) in [6.07, 6.45) is 1.46. The van der Waals surface area contributed by atoms with Gasteiger partial charge < -0.3 is 4.57 Å². The fourth-order valence-corrected chi connectivity index (χ4v) is 5.55. The Balaban J connectivity index is 1.48. The average molecular weight is 549 g/mol. The van der Waals surface area contributed by atoms with Crippen molar-refractivity contribution in [1.29, 1.82) is 0 Å². The number of aryl methyl sites for hydroxylation is 2. The van der Waals surface area contributed by atoms with Gasteiger partial charge >= 0.3 is 0 Å². The molecule has 0 radical (unpaired) electrons. The van der Waals surface area contributed by atoms with E-state index >= 15 is 0 Å². The van der Waals surface area contributed by atoms with Gasteiger partial charge in [-0.05, 0) is 68.8 Å². The van der Waals surface area contributed by atoms with E-state index in [0.29, 0.717) is 10.6 Å². The Kier molecular flexibility index (Phi) is 8.46. The number of nitrogens with zero attached hydrogens (tertiary/aromatic N) is 2. The van der Waals surface area contributed by atoms with E-state index in [9.17, 15) is 13.2 Å². The van der Waals surface area contributed by atoms with Gasteiger partial charge in [-0.1, -0.05) is 59.6 Å². The van der Waals surface area contributed by atoms with Crippen LogP contribution in [0.25, 0.3) is 5.69 Å². The van der Waals surface area contributed by atoms with Gasteiger partial charge in [0.2, 0.25) is 15.9 Å². The number of carbonyl (C=O) groups is 1. The molecule has 0 aliphatic rings. The summed E-state index contributed by atoms with van der Waals surface area (Å²) in [4.78, 5) is 13.0. The lowest BCUT2D eigenvalue weighted by Crippen LogP contribution is -2.32. The fraction of sp³-hybridized carbons (Fsp3) is 0.172. The molecule has 0 saturated carbocycles. The molecule has 0 spiro atoms. The van der Waals surface area contributed by atoms with Crippen LogP contribution >= 0.6 is 11.6 Å². The minimum atomic E-state index is -3.85. The zero-order valence-corrected chi connectivity index (χ0v) is 22.9. The van der Waals surface area contributed by atoms with Crippen LogP contribution < -0.4 is 10.1 Å². The van der Waals surface area contributed by atoms with Crippen molar-refractivity contribution in [2.75, 3.05) is 0 Å². The number of benzene rings is 3. The summed E-state index contributed by atoms with van der Waals surface area (Å²) in [5.41, 5.74) is 7.94. The van der Waals surface area contributed by atoms with E-state index in [1.807, 2.05) is 57.2 Å². The van der Waals surface area contributed by atoms with Gasteiger partial charge in [-0.25, -0.2) is 18.6 Å². The molecule has 1 heterocycles. The second-order valence-corrected chi connectivity index (χ2v) is 11.2. The Morgan fingerprint density at radius 2 is 1.63 bits per heavy atom. The highest BCUT2D eigenvalue weighted by atomic mass is 35.5. The fourth-order valence-electron chi connectivity index (χ4n) is 4.20. The van der Waals surface area contributed by atoms with Crippen LogP contribution in [0, 0.1) is 20.8 Å². The van der Waals surface area contributed by atoms with Crippen LogP contribution in [0.5, 0.6) is 0 Å².